The summed E-state index contributed by atoms with van der Waals surface area (Å²) in [7, 11) is 0. The number of pyridine rings is 1. The van der Waals surface area contributed by atoms with Gasteiger partial charge < -0.3 is 10.6 Å². The highest BCUT2D eigenvalue weighted by Gasteiger charge is 2.12. The Morgan fingerprint density at radius 2 is 2.50 bits per heavy atom. The van der Waals surface area contributed by atoms with Crippen LogP contribution in [0.1, 0.15) is 12.8 Å². The monoisotopic (exact) mass is 211 g/mol. The molecule has 3 nitrogen and oxygen atoms in total. The van der Waals surface area contributed by atoms with Crippen molar-refractivity contribution in [3.8, 4) is 0 Å². The Kier molecular flexibility index (Phi) is 3.22. The van der Waals surface area contributed by atoms with Crippen LogP contribution in [0.3, 0.4) is 0 Å². The minimum Gasteiger partial charge on any atom is -0.382 e. The average Bonchev–Trinajstić information content (AvgIpc) is 2.70. The van der Waals surface area contributed by atoms with Gasteiger partial charge >= 0.3 is 0 Å². The Hall–Kier alpha value is -0.800. The van der Waals surface area contributed by atoms with Gasteiger partial charge in [-0.1, -0.05) is 11.6 Å². The van der Waals surface area contributed by atoms with Gasteiger partial charge in [-0.2, -0.15) is 0 Å². The molecule has 2 heterocycles. The lowest BCUT2D eigenvalue weighted by atomic mass is 10.2. The van der Waals surface area contributed by atoms with Gasteiger partial charge in [0.2, 0.25) is 0 Å². The van der Waals surface area contributed by atoms with Gasteiger partial charge in [0.1, 0.15) is 5.15 Å². The van der Waals surface area contributed by atoms with Crippen molar-refractivity contribution in [2.75, 3.05) is 18.4 Å². The van der Waals surface area contributed by atoms with Crippen LogP contribution in [-0.4, -0.2) is 24.1 Å². The summed E-state index contributed by atoms with van der Waals surface area (Å²) in [5, 5.41) is 7.30. The Bertz CT molecular complexity index is 280. The van der Waals surface area contributed by atoms with Gasteiger partial charge in [-0.15, -0.1) is 0 Å². The smallest absolute Gasteiger partial charge is 0.129 e. The summed E-state index contributed by atoms with van der Waals surface area (Å²) in [6, 6.07) is 4.35. The summed E-state index contributed by atoms with van der Waals surface area (Å²) in [6.45, 7) is 2.11. The second kappa shape index (κ2) is 4.62. The summed E-state index contributed by atoms with van der Waals surface area (Å²) in [5.41, 5.74) is 1.03. The van der Waals surface area contributed by atoms with E-state index >= 15 is 0 Å². The maximum absolute atomic E-state index is 5.69. The lowest BCUT2D eigenvalue weighted by molar-refractivity contribution is 0.633. The van der Waals surface area contributed by atoms with E-state index in [1.165, 1.54) is 12.8 Å². The third-order valence-electron chi connectivity index (χ3n) is 2.44. The van der Waals surface area contributed by atoms with Crippen molar-refractivity contribution < 1.29 is 0 Å². The molecule has 0 saturated carbocycles. The number of nitrogens with one attached hydrogen (secondary N) is 2. The number of anilines is 1. The summed E-state index contributed by atoms with van der Waals surface area (Å²) < 4.78 is 0. The number of hydrogen-bond donors (Lipinski definition) is 2. The van der Waals surface area contributed by atoms with E-state index in [1.807, 2.05) is 6.07 Å². The fourth-order valence-electron chi connectivity index (χ4n) is 1.65. The SMILES string of the molecule is Clc1ccc(NC[C@@H]2CCCN2)cn1. The highest BCUT2D eigenvalue weighted by Crippen LogP contribution is 2.11. The molecule has 0 bridgehead atoms. The van der Waals surface area contributed by atoms with Crippen LogP contribution in [-0.2, 0) is 0 Å². The normalized spacial score (nSPS) is 21.1. The first-order valence-electron chi connectivity index (χ1n) is 4.93. The van der Waals surface area contributed by atoms with Crippen molar-refractivity contribution in [3.05, 3.63) is 23.5 Å². The lowest BCUT2D eigenvalue weighted by Crippen LogP contribution is -2.29. The molecule has 0 aliphatic carbocycles. The molecule has 0 aromatic carbocycles. The Balaban J connectivity index is 1.82. The van der Waals surface area contributed by atoms with Crippen LogP contribution in [0.25, 0.3) is 0 Å². The third kappa shape index (κ3) is 2.59. The minimum atomic E-state index is 0.537. The van der Waals surface area contributed by atoms with E-state index in [2.05, 4.69) is 15.6 Å². The molecule has 0 radical (unpaired) electrons. The molecule has 1 aliphatic heterocycles. The Labute approximate surface area is 88.9 Å². The molecule has 1 saturated heterocycles. The van der Waals surface area contributed by atoms with Crippen LogP contribution >= 0.6 is 11.6 Å². The van der Waals surface area contributed by atoms with E-state index in [0.29, 0.717) is 11.2 Å². The van der Waals surface area contributed by atoms with Crippen LogP contribution in [0, 0.1) is 0 Å². The molecule has 1 aliphatic rings. The zero-order valence-electron chi connectivity index (χ0n) is 7.96. The van der Waals surface area contributed by atoms with Crippen molar-refractivity contribution in [3.63, 3.8) is 0 Å². The quantitative estimate of drug-likeness (QED) is 0.750. The highest BCUT2D eigenvalue weighted by atomic mass is 35.5. The first-order chi connectivity index (χ1) is 6.84. The summed E-state index contributed by atoms with van der Waals surface area (Å²) in [4.78, 5) is 4.01. The fourth-order valence-corrected chi connectivity index (χ4v) is 1.76. The van der Waals surface area contributed by atoms with Gasteiger partial charge in [0.15, 0.2) is 0 Å². The molecule has 0 amide bonds. The van der Waals surface area contributed by atoms with E-state index in [-0.39, 0.29) is 0 Å². The summed E-state index contributed by atoms with van der Waals surface area (Å²) in [6.07, 6.45) is 4.30. The maximum Gasteiger partial charge on any atom is 0.129 e. The zero-order valence-corrected chi connectivity index (χ0v) is 8.72. The Morgan fingerprint density at radius 3 is 3.14 bits per heavy atom. The second-order valence-electron chi connectivity index (χ2n) is 3.54. The average molecular weight is 212 g/mol. The number of nitrogens with zero attached hydrogens (tertiary/aromatic N) is 1. The number of hydrogen-bond acceptors (Lipinski definition) is 3. The first kappa shape index (κ1) is 9.74. The van der Waals surface area contributed by atoms with Crippen molar-refractivity contribution in [1.29, 1.82) is 0 Å². The molecule has 1 fully saturated rings. The Morgan fingerprint density at radius 1 is 1.57 bits per heavy atom. The van der Waals surface area contributed by atoms with E-state index in [4.69, 9.17) is 11.6 Å². The van der Waals surface area contributed by atoms with Gasteiger partial charge in [0.05, 0.1) is 11.9 Å². The zero-order chi connectivity index (χ0) is 9.80. The van der Waals surface area contributed by atoms with Gasteiger partial charge in [-0.3, -0.25) is 0 Å². The van der Waals surface area contributed by atoms with Gasteiger partial charge in [-0.25, -0.2) is 4.98 Å². The van der Waals surface area contributed by atoms with Crippen molar-refractivity contribution in [2.45, 2.75) is 18.9 Å². The van der Waals surface area contributed by atoms with E-state index in [9.17, 15) is 0 Å². The molecule has 0 unspecified atom stereocenters. The van der Waals surface area contributed by atoms with Gasteiger partial charge in [-0.05, 0) is 31.5 Å². The second-order valence-corrected chi connectivity index (χ2v) is 3.93. The summed E-state index contributed by atoms with van der Waals surface area (Å²) >= 11 is 5.69. The third-order valence-corrected chi connectivity index (χ3v) is 2.67. The molecule has 14 heavy (non-hydrogen) atoms. The van der Waals surface area contributed by atoms with Crippen LogP contribution in [0.2, 0.25) is 5.15 Å². The molecule has 1 aromatic rings. The van der Waals surface area contributed by atoms with E-state index in [1.54, 1.807) is 12.3 Å². The number of aromatic nitrogens is 1. The van der Waals surface area contributed by atoms with E-state index < -0.39 is 0 Å². The lowest BCUT2D eigenvalue weighted by Gasteiger charge is -2.11. The largest absolute Gasteiger partial charge is 0.382 e. The first-order valence-corrected chi connectivity index (χ1v) is 5.31. The molecule has 1 aromatic heterocycles. The number of rotatable bonds is 3. The maximum atomic E-state index is 5.69. The number of halogens is 1. The van der Waals surface area contributed by atoms with Crippen LogP contribution in [0.5, 0.6) is 0 Å². The fraction of sp³-hybridized carbons (Fsp3) is 0.500. The molecule has 1 atom stereocenters. The highest BCUT2D eigenvalue weighted by molar-refractivity contribution is 6.29. The van der Waals surface area contributed by atoms with Crippen molar-refractivity contribution >= 4 is 17.3 Å². The van der Waals surface area contributed by atoms with Crippen LogP contribution < -0.4 is 10.6 Å². The van der Waals surface area contributed by atoms with Gasteiger partial charge in [0.25, 0.3) is 0 Å². The topological polar surface area (TPSA) is 37.0 Å². The van der Waals surface area contributed by atoms with Crippen LogP contribution in [0.15, 0.2) is 18.3 Å². The molecule has 4 heteroatoms. The standard InChI is InChI=1S/C10H14ClN3/c11-10-4-3-9(7-14-10)13-6-8-2-1-5-12-8/h3-4,7-8,12-13H,1-2,5-6H2/t8-/m0/s1. The summed E-state index contributed by atoms with van der Waals surface area (Å²) in [5.74, 6) is 0. The van der Waals surface area contributed by atoms with Crippen molar-refractivity contribution in [2.24, 2.45) is 0 Å². The van der Waals surface area contributed by atoms with Crippen molar-refractivity contribution in [1.82, 2.24) is 10.3 Å². The van der Waals surface area contributed by atoms with Crippen LogP contribution in [0.4, 0.5) is 5.69 Å². The predicted octanol–water partition coefficient (Wildman–Crippen LogP) is 1.90. The predicted molar refractivity (Wildman–Crippen MR) is 58.8 cm³/mol. The molecule has 2 rings (SSSR count). The minimum absolute atomic E-state index is 0.537. The molecule has 76 valence electrons. The molecule has 0 spiro atoms. The molecular formula is C10H14ClN3. The molecular weight excluding hydrogens is 198 g/mol. The van der Waals surface area contributed by atoms with Gasteiger partial charge in [0, 0.05) is 12.6 Å². The molecule has 2 N–H and O–H groups in total. The van der Waals surface area contributed by atoms with E-state index in [0.717, 1.165) is 18.8 Å².